The molecule has 1 heterocycles. The summed E-state index contributed by atoms with van der Waals surface area (Å²) in [6, 6.07) is 11.3. The zero-order chi connectivity index (χ0) is 19.6. The minimum Gasteiger partial charge on any atom is -0.339 e. The Morgan fingerprint density at radius 2 is 1.67 bits per heavy atom. The average Bonchev–Trinajstić information content (AvgIpc) is 2.64. The molecule has 1 saturated heterocycles. The van der Waals surface area contributed by atoms with Crippen molar-refractivity contribution < 1.29 is 13.2 Å². The van der Waals surface area contributed by atoms with Crippen LogP contribution in [0.25, 0.3) is 0 Å². The molecule has 0 saturated carbocycles. The predicted octanol–water partition coefficient (Wildman–Crippen LogP) is 3.88. The molecule has 0 atom stereocenters. The van der Waals surface area contributed by atoms with Crippen molar-refractivity contribution >= 4 is 39.1 Å². The highest BCUT2D eigenvalue weighted by atomic mass is 35.5. The minimum absolute atomic E-state index is 0.131. The van der Waals surface area contributed by atoms with Crippen molar-refractivity contribution in [3.8, 4) is 0 Å². The average molecular weight is 427 g/mol. The van der Waals surface area contributed by atoms with Gasteiger partial charge in [0.25, 0.3) is 5.91 Å². The Balaban J connectivity index is 1.60. The highest BCUT2D eigenvalue weighted by Crippen LogP contribution is 2.24. The van der Waals surface area contributed by atoms with Crippen molar-refractivity contribution in [1.29, 1.82) is 0 Å². The lowest BCUT2D eigenvalue weighted by atomic mass is 10.0. The fourth-order valence-electron chi connectivity index (χ4n) is 3.02. The zero-order valence-corrected chi connectivity index (χ0v) is 17.1. The number of carbonyl (C=O) groups excluding carboxylic acids is 1. The van der Waals surface area contributed by atoms with Gasteiger partial charge >= 0.3 is 0 Å². The monoisotopic (exact) mass is 426 g/mol. The second kappa shape index (κ2) is 8.19. The largest absolute Gasteiger partial charge is 0.339 e. The van der Waals surface area contributed by atoms with Crippen LogP contribution in [-0.2, 0) is 10.0 Å². The molecule has 0 aliphatic carbocycles. The SMILES string of the molecule is Cc1ccc(S(=O)(=O)NC2CCN(C(=O)c3ccc(Cl)c(Cl)c3)CC2)cc1. The highest BCUT2D eigenvalue weighted by Gasteiger charge is 2.27. The van der Waals surface area contributed by atoms with Crippen LogP contribution < -0.4 is 4.72 Å². The van der Waals surface area contributed by atoms with Crippen molar-refractivity contribution in [3.05, 3.63) is 63.6 Å². The number of aryl methyl sites for hydroxylation is 1. The number of hydrogen-bond acceptors (Lipinski definition) is 3. The smallest absolute Gasteiger partial charge is 0.253 e. The Bertz CT molecular complexity index is 938. The topological polar surface area (TPSA) is 66.5 Å². The Hall–Kier alpha value is -1.60. The summed E-state index contributed by atoms with van der Waals surface area (Å²) in [5, 5.41) is 0.737. The van der Waals surface area contributed by atoms with Gasteiger partial charge in [-0.15, -0.1) is 0 Å². The maximum atomic E-state index is 12.6. The van der Waals surface area contributed by atoms with Gasteiger partial charge < -0.3 is 4.90 Å². The van der Waals surface area contributed by atoms with E-state index in [9.17, 15) is 13.2 Å². The Morgan fingerprint density at radius 3 is 2.26 bits per heavy atom. The van der Waals surface area contributed by atoms with Crippen LogP contribution in [0.3, 0.4) is 0 Å². The van der Waals surface area contributed by atoms with Gasteiger partial charge in [-0.25, -0.2) is 13.1 Å². The van der Waals surface area contributed by atoms with Crippen LogP contribution in [0, 0.1) is 6.92 Å². The summed E-state index contributed by atoms with van der Waals surface area (Å²) < 4.78 is 27.7. The minimum atomic E-state index is -3.56. The molecule has 5 nitrogen and oxygen atoms in total. The van der Waals surface area contributed by atoms with Crippen molar-refractivity contribution in [1.82, 2.24) is 9.62 Å². The third-order valence-corrected chi connectivity index (χ3v) is 6.88. The summed E-state index contributed by atoms with van der Waals surface area (Å²) in [6.45, 7) is 2.85. The Labute approximate surface area is 169 Å². The molecule has 0 bridgehead atoms. The van der Waals surface area contributed by atoms with E-state index in [-0.39, 0.29) is 16.8 Å². The molecule has 8 heteroatoms. The van der Waals surface area contributed by atoms with Crippen LogP contribution in [0.5, 0.6) is 0 Å². The Morgan fingerprint density at radius 1 is 1.04 bits per heavy atom. The number of piperidine rings is 1. The lowest BCUT2D eigenvalue weighted by Gasteiger charge is -2.32. The van der Waals surface area contributed by atoms with Gasteiger partial charge in [0, 0.05) is 24.7 Å². The van der Waals surface area contributed by atoms with E-state index in [1.54, 1.807) is 47.4 Å². The van der Waals surface area contributed by atoms with Crippen molar-refractivity contribution in [3.63, 3.8) is 0 Å². The van der Waals surface area contributed by atoms with Gasteiger partial charge in [0.15, 0.2) is 0 Å². The molecular formula is C19H20Cl2N2O3S. The maximum absolute atomic E-state index is 12.6. The number of rotatable bonds is 4. The fourth-order valence-corrected chi connectivity index (χ4v) is 4.62. The predicted molar refractivity (Wildman–Crippen MR) is 107 cm³/mol. The molecule has 0 unspecified atom stereocenters. The van der Waals surface area contributed by atoms with Gasteiger partial charge in [0.1, 0.15) is 0 Å². The van der Waals surface area contributed by atoms with E-state index < -0.39 is 10.0 Å². The van der Waals surface area contributed by atoms with Crippen LogP contribution in [0.1, 0.15) is 28.8 Å². The molecule has 2 aromatic rings. The van der Waals surface area contributed by atoms with Gasteiger partial charge in [-0.2, -0.15) is 0 Å². The van der Waals surface area contributed by atoms with Crippen LogP contribution in [0.4, 0.5) is 0 Å². The first kappa shape index (κ1) is 20.1. The van der Waals surface area contributed by atoms with E-state index in [2.05, 4.69) is 4.72 Å². The molecule has 1 amide bonds. The molecule has 1 N–H and O–H groups in total. The first-order chi connectivity index (χ1) is 12.8. The van der Waals surface area contributed by atoms with Crippen LogP contribution in [-0.4, -0.2) is 38.4 Å². The molecule has 1 fully saturated rings. The van der Waals surface area contributed by atoms with Gasteiger partial charge in [-0.3, -0.25) is 4.79 Å². The molecular weight excluding hydrogens is 407 g/mol. The van der Waals surface area contributed by atoms with E-state index in [1.807, 2.05) is 6.92 Å². The van der Waals surface area contributed by atoms with E-state index in [1.165, 1.54) is 0 Å². The van der Waals surface area contributed by atoms with E-state index in [0.29, 0.717) is 41.5 Å². The molecule has 1 aliphatic rings. The number of benzene rings is 2. The molecule has 0 spiro atoms. The zero-order valence-electron chi connectivity index (χ0n) is 14.8. The standard InChI is InChI=1S/C19H20Cl2N2O3S/c1-13-2-5-16(6-3-13)27(25,26)22-15-8-10-23(11-9-15)19(24)14-4-7-17(20)18(21)12-14/h2-7,12,15,22H,8-11H2,1H3. The third-order valence-electron chi connectivity index (χ3n) is 4.60. The second-order valence-electron chi connectivity index (χ2n) is 6.63. The van der Waals surface area contributed by atoms with Crippen molar-refractivity contribution in [2.75, 3.05) is 13.1 Å². The number of carbonyl (C=O) groups is 1. The quantitative estimate of drug-likeness (QED) is 0.805. The number of hydrogen-bond donors (Lipinski definition) is 1. The molecule has 3 rings (SSSR count). The Kier molecular flexibility index (Phi) is 6.11. The van der Waals surface area contributed by atoms with E-state index in [0.717, 1.165) is 5.56 Å². The number of nitrogens with zero attached hydrogens (tertiary/aromatic N) is 1. The summed E-state index contributed by atoms with van der Waals surface area (Å²) in [4.78, 5) is 14.6. The summed E-state index contributed by atoms with van der Waals surface area (Å²) in [7, 11) is -3.56. The normalized spacial score (nSPS) is 15.7. The van der Waals surface area contributed by atoms with Crippen molar-refractivity contribution in [2.45, 2.75) is 30.7 Å². The molecule has 0 aromatic heterocycles. The number of nitrogens with one attached hydrogen (secondary N) is 1. The summed E-state index contributed by atoms with van der Waals surface area (Å²) in [5.74, 6) is -0.131. The molecule has 0 radical (unpaired) electrons. The molecule has 27 heavy (non-hydrogen) atoms. The van der Waals surface area contributed by atoms with Crippen LogP contribution in [0.15, 0.2) is 47.4 Å². The number of amides is 1. The van der Waals surface area contributed by atoms with Crippen molar-refractivity contribution in [2.24, 2.45) is 0 Å². The number of likely N-dealkylation sites (tertiary alicyclic amines) is 1. The molecule has 1 aliphatic heterocycles. The number of sulfonamides is 1. The number of halogens is 2. The van der Waals surface area contributed by atoms with E-state index in [4.69, 9.17) is 23.2 Å². The molecule has 2 aromatic carbocycles. The summed E-state index contributed by atoms with van der Waals surface area (Å²) in [6.07, 6.45) is 1.11. The van der Waals surface area contributed by atoms with Gasteiger partial charge in [-0.1, -0.05) is 40.9 Å². The van der Waals surface area contributed by atoms with Gasteiger partial charge in [0.05, 0.1) is 14.9 Å². The highest BCUT2D eigenvalue weighted by molar-refractivity contribution is 7.89. The van der Waals surface area contributed by atoms with E-state index >= 15 is 0 Å². The lowest BCUT2D eigenvalue weighted by molar-refractivity contribution is 0.0711. The lowest BCUT2D eigenvalue weighted by Crippen LogP contribution is -2.46. The molecule has 144 valence electrons. The van der Waals surface area contributed by atoms with Gasteiger partial charge in [-0.05, 0) is 50.1 Å². The van der Waals surface area contributed by atoms with Crippen LogP contribution >= 0.6 is 23.2 Å². The maximum Gasteiger partial charge on any atom is 0.253 e. The van der Waals surface area contributed by atoms with Gasteiger partial charge in [0.2, 0.25) is 10.0 Å². The fraction of sp³-hybridized carbons (Fsp3) is 0.316. The van der Waals surface area contributed by atoms with Crippen LogP contribution in [0.2, 0.25) is 10.0 Å². The third kappa shape index (κ3) is 4.82. The first-order valence-electron chi connectivity index (χ1n) is 8.59. The first-order valence-corrected chi connectivity index (χ1v) is 10.8. The summed E-state index contributed by atoms with van der Waals surface area (Å²) >= 11 is 11.9. The second-order valence-corrected chi connectivity index (χ2v) is 9.16. The summed E-state index contributed by atoms with van der Waals surface area (Å²) in [5.41, 5.74) is 1.48.